The van der Waals surface area contributed by atoms with Crippen molar-refractivity contribution in [3.8, 4) is 5.75 Å². The Balaban J connectivity index is 2.02. The lowest BCUT2D eigenvalue weighted by atomic mass is 10.1. The minimum Gasteiger partial charge on any atom is -0.489 e. The molecule has 26 heavy (non-hydrogen) atoms. The molecule has 138 valence electrons. The Hall–Kier alpha value is -2.87. The van der Waals surface area contributed by atoms with E-state index in [1.165, 1.54) is 36.4 Å². The van der Waals surface area contributed by atoms with Crippen LogP contribution in [0.2, 0.25) is 0 Å². The molecular weight excluding hydrogens is 352 g/mol. The van der Waals surface area contributed by atoms with Gasteiger partial charge in [0, 0.05) is 23.4 Å². The number of carbonyl (C=O) groups is 1. The molecule has 0 fully saturated rings. The Morgan fingerprint density at radius 2 is 1.85 bits per heavy atom. The number of hydrogen-bond donors (Lipinski definition) is 2. The van der Waals surface area contributed by atoms with Gasteiger partial charge in [-0.2, -0.15) is 13.2 Å². The summed E-state index contributed by atoms with van der Waals surface area (Å²) in [5, 5.41) is 2.40. The van der Waals surface area contributed by atoms with E-state index in [4.69, 9.17) is 10.5 Å². The van der Waals surface area contributed by atoms with Gasteiger partial charge in [0.25, 0.3) is 5.91 Å². The van der Waals surface area contributed by atoms with Gasteiger partial charge in [0.1, 0.15) is 12.4 Å². The SMILES string of the molecule is NC/C(=C/F)COc1ccc(C(=O)Nc2cccc(C(F)(F)F)c2)cc1. The van der Waals surface area contributed by atoms with E-state index in [0.29, 0.717) is 12.1 Å². The molecule has 1 amide bonds. The predicted octanol–water partition coefficient (Wildman–Crippen LogP) is 4.15. The monoisotopic (exact) mass is 368 g/mol. The zero-order valence-electron chi connectivity index (χ0n) is 13.5. The van der Waals surface area contributed by atoms with Gasteiger partial charge in [0.05, 0.1) is 11.9 Å². The largest absolute Gasteiger partial charge is 0.489 e. The Morgan fingerprint density at radius 3 is 2.42 bits per heavy atom. The van der Waals surface area contributed by atoms with Crippen LogP contribution in [0.4, 0.5) is 23.2 Å². The molecule has 0 aliphatic carbocycles. The number of nitrogens with two attached hydrogens (primary N) is 1. The first-order chi connectivity index (χ1) is 12.3. The van der Waals surface area contributed by atoms with Crippen molar-refractivity contribution in [1.29, 1.82) is 0 Å². The Morgan fingerprint density at radius 1 is 1.15 bits per heavy atom. The van der Waals surface area contributed by atoms with Crippen LogP contribution in [0.1, 0.15) is 15.9 Å². The zero-order valence-corrected chi connectivity index (χ0v) is 13.5. The predicted molar refractivity (Wildman–Crippen MR) is 89.6 cm³/mol. The van der Waals surface area contributed by atoms with E-state index in [1.807, 2.05) is 0 Å². The number of halogens is 4. The van der Waals surface area contributed by atoms with Crippen LogP contribution in [0.5, 0.6) is 5.75 Å². The van der Waals surface area contributed by atoms with Crippen molar-refractivity contribution < 1.29 is 27.1 Å². The number of amides is 1. The quantitative estimate of drug-likeness (QED) is 0.753. The van der Waals surface area contributed by atoms with E-state index < -0.39 is 17.6 Å². The van der Waals surface area contributed by atoms with Gasteiger partial charge in [-0.05, 0) is 42.5 Å². The number of rotatable bonds is 6. The second kappa shape index (κ2) is 8.48. The molecular formula is C18H16F4N2O2. The molecule has 3 N–H and O–H groups in total. The maximum atomic E-state index is 12.7. The van der Waals surface area contributed by atoms with Crippen molar-refractivity contribution >= 4 is 11.6 Å². The minimum atomic E-state index is -4.49. The number of nitrogens with one attached hydrogen (secondary N) is 1. The van der Waals surface area contributed by atoms with Gasteiger partial charge >= 0.3 is 6.18 Å². The van der Waals surface area contributed by atoms with Gasteiger partial charge in [-0.3, -0.25) is 4.79 Å². The molecule has 0 aliphatic heterocycles. The molecule has 0 unspecified atom stereocenters. The lowest BCUT2D eigenvalue weighted by molar-refractivity contribution is -0.137. The summed E-state index contributed by atoms with van der Waals surface area (Å²) < 4.78 is 55.8. The lowest BCUT2D eigenvalue weighted by Gasteiger charge is -2.10. The zero-order chi connectivity index (χ0) is 19.2. The first-order valence-corrected chi connectivity index (χ1v) is 7.53. The number of ether oxygens (including phenoxy) is 1. The first-order valence-electron chi connectivity index (χ1n) is 7.53. The molecule has 0 aliphatic rings. The van der Waals surface area contributed by atoms with E-state index in [1.54, 1.807) is 0 Å². The van der Waals surface area contributed by atoms with E-state index >= 15 is 0 Å². The molecule has 4 nitrogen and oxygen atoms in total. The van der Waals surface area contributed by atoms with Gasteiger partial charge in [-0.1, -0.05) is 6.07 Å². The maximum absolute atomic E-state index is 12.7. The summed E-state index contributed by atoms with van der Waals surface area (Å²) in [6.45, 7) is -0.00322. The van der Waals surface area contributed by atoms with Crippen molar-refractivity contribution in [2.24, 2.45) is 5.73 Å². The third kappa shape index (κ3) is 5.32. The van der Waals surface area contributed by atoms with Crippen LogP contribution < -0.4 is 15.8 Å². The highest BCUT2D eigenvalue weighted by Crippen LogP contribution is 2.30. The minimum absolute atomic E-state index is 0.0218. The maximum Gasteiger partial charge on any atom is 0.416 e. The molecule has 2 aromatic carbocycles. The van der Waals surface area contributed by atoms with E-state index in [9.17, 15) is 22.4 Å². The van der Waals surface area contributed by atoms with E-state index in [-0.39, 0.29) is 30.0 Å². The van der Waals surface area contributed by atoms with Crippen molar-refractivity contribution in [2.45, 2.75) is 6.18 Å². The van der Waals surface area contributed by atoms with Gasteiger partial charge in [0.2, 0.25) is 0 Å². The number of anilines is 1. The molecule has 0 heterocycles. The summed E-state index contributed by atoms with van der Waals surface area (Å²) in [7, 11) is 0. The van der Waals surface area contributed by atoms with Crippen LogP contribution in [0.25, 0.3) is 0 Å². The normalized spacial score (nSPS) is 12.0. The summed E-state index contributed by atoms with van der Waals surface area (Å²) in [4.78, 5) is 12.1. The Labute approximate surface area is 147 Å². The second-order valence-electron chi connectivity index (χ2n) is 5.32. The molecule has 0 saturated carbocycles. The number of carbonyl (C=O) groups excluding carboxylic acids is 1. The number of benzene rings is 2. The van der Waals surface area contributed by atoms with Crippen LogP contribution in [0.15, 0.2) is 60.4 Å². The Bertz CT molecular complexity index is 787. The fourth-order valence-corrected chi connectivity index (χ4v) is 1.99. The van der Waals surface area contributed by atoms with Gasteiger partial charge in [-0.15, -0.1) is 0 Å². The fraction of sp³-hybridized carbons (Fsp3) is 0.167. The van der Waals surface area contributed by atoms with Crippen molar-refractivity contribution in [2.75, 3.05) is 18.5 Å². The third-order valence-electron chi connectivity index (χ3n) is 3.40. The van der Waals surface area contributed by atoms with Crippen LogP contribution in [0, 0.1) is 0 Å². The smallest absolute Gasteiger partial charge is 0.416 e. The summed E-state index contributed by atoms with van der Waals surface area (Å²) >= 11 is 0. The molecule has 0 spiro atoms. The molecule has 2 rings (SSSR count). The molecule has 8 heteroatoms. The highest BCUT2D eigenvalue weighted by atomic mass is 19.4. The highest BCUT2D eigenvalue weighted by Gasteiger charge is 2.30. The highest BCUT2D eigenvalue weighted by molar-refractivity contribution is 6.04. The van der Waals surface area contributed by atoms with Crippen LogP contribution in [-0.4, -0.2) is 19.1 Å². The van der Waals surface area contributed by atoms with Gasteiger partial charge in [0.15, 0.2) is 0 Å². The molecule has 0 radical (unpaired) electrons. The fourth-order valence-electron chi connectivity index (χ4n) is 1.99. The average molecular weight is 368 g/mol. The van der Waals surface area contributed by atoms with Crippen molar-refractivity contribution in [1.82, 2.24) is 0 Å². The summed E-state index contributed by atoms with van der Waals surface area (Å²) in [5.74, 6) is -0.171. The second-order valence-corrected chi connectivity index (χ2v) is 5.32. The molecule has 0 bridgehead atoms. The first kappa shape index (κ1) is 19.5. The Kier molecular flexibility index (Phi) is 6.35. The van der Waals surface area contributed by atoms with Crippen LogP contribution in [-0.2, 0) is 6.18 Å². The van der Waals surface area contributed by atoms with Gasteiger partial charge < -0.3 is 15.8 Å². The van der Waals surface area contributed by atoms with Crippen molar-refractivity contribution in [3.05, 3.63) is 71.6 Å². The summed E-state index contributed by atoms with van der Waals surface area (Å²) in [6.07, 6.45) is -4.12. The molecule has 0 aromatic heterocycles. The summed E-state index contributed by atoms with van der Waals surface area (Å²) in [5.41, 5.74) is 5.00. The third-order valence-corrected chi connectivity index (χ3v) is 3.40. The van der Waals surface area contributed by atoms with Crippen molar-refractivity contribution in [3.63, 3.8) is 0 Å². The van der Waals surface area contributed by atoms with E-state index in [2.05, 4.69) is 5.32 Å². The topological polar surface area (TPSA) is 64.3 Å². The molecule has 2 aromatic rings. The van der Waals surface area contributed by atoms with E-state index in [0.717, 1.165) is 12.1 Å². The average Bonchev–Trinajstić information content (AvgIpc) is 2.62. The number of alkyl halides is 3. The summed E-state index contributed by atoms with van der Waals surface area (Å²) in [6, 6.07) is 10.2. The lowest BCUT2D eigenvalue weighted by Crippen LogP contribution is -2.13. The molecule has 0 atom stereocenters. The number of hydrogen-bond acceptors (Lipinski definition) is 3. The molecule has 0 saturated heterocycles. The van der Waals surface area contributed by atoms with Crippen LogP contribution in [0.3, 0.4) is 0 Å². The standard InChI is InChI=1S/C18H16F4N2O2/c19-9-12(10-23)11-26-16-6-4-13(5-7-16)17(25)24-15-3-1-2-14(8-15)18(20,21)22/h1-9H,10-11,23H2,(H,24,25)/b12-9-. The van der Waals surface area contributed by atoms with Crippen LogP contribution >= 0.6 is 0 Å². The van der Waals surface area contributed by atoms with Gasteiger partial charge in [-0.25, -0.2) is 4.39 Å².